The number of carbonyl (C=O) groups is 1. The van der Waals surface area contributed by atoms with Gasteiger partial charge >= 0.3 is 0 Å². The first-order chi connectivity index (χ1) is 13.6. The van der Waals surface area contributed by atoms with Crippen molar-refractivity contribution in [3.05, 3.63) is 88.5 Å². The van der Waals surface area contributed by atoms with Crippen molar-refractivity contribution in [2.45, 2.75) is 12.8 Å². The zero-order chi connectivity index (χ0) is 19.5. The Hall–Kier alpha value is -2.92. The van der Waals surface area contributed by atoms with Gasteiger partial charge in [0.1, 0.15) is 5.82 Å². The summed E-state index contributed by atoms with van der Waals surface area (Å²) in [5.41, 5.74) is 4.21. The summed E-state index contributed by atoms with van der Waals surface area (Å²) in [6.45, 7) is 1.24. The van der Waals surface area contributed by atoms with Crippen LogP contribution in [0.1, 0.15) is 21.5 Å². The van der Waals surface area contributed by atoms with Crippen molar-refractivity contribution < 1.29 is 9.18 Å². The van der Waals surface area contributed by atoms with E-state index in [2.05, 4.69) is 10.3 Å². The minimum atomic E-state index is -0.265. The van der Waals surface area contributed by atoms with E-state index in [1.165, 1.54) is 12.1 Å². The van der Waals surface area contributed by atoms with Crippen molar-refractivity contribution >= 4 is 28.9 Å². The second-order valence-electron chi connectivity index (χ2n) is 6.75. The number of pyridine rings is 1. The Balaban J connectivity index is 1.45. The number of nitrogens with one attached hydrogen (secondary N) is 1. The summed E-state index contributed by atoms with van der Waals surface area (Å²) >= 11 is 6.04. The fourth-order valence-corrected chi connectivity index (χ4v) is 3.61. The molecule has 4 nitrogen and oxygen atoms in total. The lowest BCUT2D eigenvalue weighted by Crippen LogP contribution is -2.37. The molecular formula is C22H19ClFN3O. The van der Waals surface area contributed by atoms with E-state index in [0.29, 0.717) is 30.1 Å². The minimum absolute atomic E-state index is 0.0326. The summed E-state index contributed by atoms with van der Waals surface area (Å²) in [6, 6.07) is 13.8. The molecule has 1 aliphatic heterocycles. The predicted molar refractivity (Wildman–Crippen MR) is 110 cm³/mol. The first-order valence-electron chi connectivity index (χ1n) is 9.14. The summed E-state index contributed by atoms with van der Waals surface area (Å²) in [5, 5.41) is 3.85. The van der Waals surface area contributed by atoms with Crippen LogP contribution in [0.3, 0.4) is 0 Å². The molecule has 6 heteroatoms. The highest BCUT2D eigenvalue weighted by molar-refractivity contribution is 6.30. The molecule has 0 saturated heterocycles. The van der Waals surface area contributed by atoms with Gasteiger partial charge < -0.3 is 10.2 Å². The highest BCUT2D eigenvalue weighted by Gasteiger charge is 2.25. The van der Waals surface area contributed by atoms with Gasteiger partial charge in [0.15, 0.2) is 0 Å². The molecule has 1 aromatic heterocycles. The van der Waals surface area contributed by atoms with Gasteiger partial charge in [-0.1, -0.05) is 17.7 Å². The van der Waals surface area contributed by atoms with Crippen LogP contribution >= 0.6 is 11.6 Å². The molecule has 0 spiro atoms. The maximum absolute atomic E-state index is 13.2. The van der Waals surface area contributed by atoms with E-state index in [9.17, 15) is 9.18 Å². The maximum Gasteiger partial charge on any atom is 0.258 e. The first-order valence-corrected chi connectivity index (χ1v) is 9.51. The fourth-order valence-electron chi connectivity index (χ4n) is 3.41. The van der Waals surface area contributed by atoms with Crippen LogP contribution in [0.4, 0.5) is 15.8 Å². The summed E-state index contributed by atoms with van der Waals surface area (Å²) in [4.78, 5) is 18.9. The van der Waals surface area contributed by atoms with E-state index in [-0.39, 0.29) is 11.7 Å². The number of rotatable bonds is 5. The Morgan fingerprint density at radius 2 is 2.04 bits per heavy atom. The standard InChI is InChI=1S/C22H19ClFN3O/c23-17-4-5-21-16(11-17)7-9-27(22(21)28)20-10-15(13-25-14-20)6-8-26-19-3-1-2-18(24)12-19/h1-5,10-14,26H,6-9H2. The normalized spacial score (nSPS) is 13.4. The van der Waals surface area contributed by atoms with Crippen LogP contribution in [0.25, 0.3) is 0 Å². The number of hydrogen-bond acceptors (Lipinski definition) is 3. The lowest BCUT2D eigenvalue weighted by molar-refractivity contribution is 0.0980. The van der Waals surface area contributed by atoms with Crippen molar-refractivity contribution in [2.75, 3.05) is 23.3 Å². The van der Waals surface area contributed by atoms with Gasteiger partial charge in [-0.25, -0.2) is 4.39 Å². The summed E-state index contributed by atoms with van der Waals surface area (Å²) < 4.78 is 13.2. The number of nitrogens with zero attached hydrogens (tertiary/aromatic N) is 2. The molecule has 0 saturated carbocycles. The van der Waals surface area contributed by atoms with Gasteiger partial charge in [0.05, 0.1) is 11.9 Å². The average molecular weight is 396 g/mol. The third-order valence-electron chi connectivity index (χ3n) is 4.81. The van der Waals surface area contributed by atoms with Gasteiger partial charge in [0.2, 0.25) is 0 Å². The van der Waals surface area contributed by atoms with Crippen molar-refractivity contribution in [3.8, 4) is 0 Å². The molecule has 0 fully saturated rings. The van der Waals surface area contributed by atoms with Crippen molar-refractivity contribution in [2.24, 2.45) is 0 Å². The lowest BCUT2D eigenvalue weighted by atomic mass is 9.98. The Labute approximate surface area is 168 Å². The van der Waals surface area contributed by atoms with Gasteiger partial charge in [-0.3, -0.25) is 9.78 Å². The van der Waals surface area contributed by atoms with Gasteiger partial charge in [0.25, 0.3) is 5.91 Å². The maximum atomic E-state index is 13.2. The predicted octanol–water partition coefficient (Wildman–Crippen LogP) is 4.73. The summed E-state index contributed by atoms with van der Waals surface area (Å²) in [7, 11) is 0. The first kappa shape index (κ1) is 18.4. The molecule has 0 atom stereocenters. The number of amides is 1. The molecule has 0 bridgehead atoms. The van der Waals surface area contributed by atoms with Gasteiger partial charge in [-0.15, -0.1) is 0 Å². The smallest absolute Gasteiger partial charge is 0.258 e. The molecular weight excluding hydrogens is 377 g/mol. The monoisotopic (exact) mass is 395 g/mol. The van der Waals surface area contributed by atoms with E-state index in [1.54, 1.807) is 35.5 Å². The second-order valence-corrected chi connectivity index (χ2v) is 7.18. The van der Waals surface area contributed by atoms with Gasteiger partial charge in [-0.05, 0) is 66.4 Å². The molecule has 28 heavy (non-hydrogen) atoms. The van der Waals surface area contributed by atoms with Crippen LogP contribution in [-0.4, -0.2) is 24.0 Å². The molecule has 0 aliphatic carbocycles. The summed E-state index contributed by atoms with van der Waals surface area (Å²) in [5.74, 6) is -0.298. The Kier molecular flexibility index (Phi) is 5.26. The zero-order valence-electron chi connectivity index (χ0n) is 15.2. The van der Waals surface area contributed by atoms with E-state index in [0.717, 1.165) is 28.9 Å². The van der Waals surface area contributed by atoms with Crippen LogP contribution in [0, 0.1) is 5.82 Å². The van der Waals surface area contributed by atoms with Crippen molar-refractivity contribution in [1.82, 2.24) is 4.98 Å². The quantitative estimate of drug-likeness (QED) is 0.679. The van der Waals surface area contributed by atoms with E-state index < -0.39 is 0 Å². The van der Waals surface area contributed by atoms with Crippen molar-refractivity contribution in [3.63, 3.8) is 0 Å². The molecule has 4 rings (SSSR count). The number of fused-ring (bicyclic) bond motifs is 1. The van der Waals surface area contributed by atoms with E-state index in [1.807, 2.05) is 18.2 Å². The molecule has 1 aliphatic rings. The number of aromatic nitrogens is 1. The molecule has 3 aromatic rings. The topological polar surface area (TPSA) is 45.2 Å². The Morgan fingerprint density at radius 1 is 1.14 bits per heavy atom. The molecule has 0 unspecified atom stereocenters. The Morgan fingerprint density at radius 3 is 2.89 bits per heavy atom. The average Bonchev–Trinajstić information content (AvgIpc) is 2.68. The van der Waals surface area contributed by atoms with Crippen LogP contribution in [-0.2, 0) is 12.8 Å². The second kappa shape index (κ2) is 7.98. The van der Waals surface area contributed by atoms with E-state index in [4.69, 9.17) is 11.6 Å². The molecule has 0 radical (unpaired) electrons. The fraction of sp³-hybridized carbons (Fsp3) is 0.182. The molecule has 142 valence electrons. The van der Waals surface area contributed by atoms with Crippen LogP contribution in [0.15, 0.2) is 60.9 Å². The highest BCUT2D eigenvalue weighted by atomic mass is 35.5. The van der Waals surface area contributed by atoms with Crippen LogP contribution < -0.4 is 10.2 Å². The lowest BCUT2D eigenvalue weighted by Gasteiger charge is -2.28. The number of halogens is 2. The number of hydrogen-bond donors (Lipinski definition) is 1. The minimum Gasteiger partial charge on any atom is -0.385 e. The summed E-state index contributed by atoms with van der Waals surface area (Å²) in [6.07, 6.45) is 4.97. The SMILES string of the molecule is O=C1c2ccc(Cl)cc2CCN1c1cncc(CCNc2cccc(F)c2)c1. The molecule has 1 N–H and O–H groups in total. The highest BCUT2D eigenvalue weighted by Crippen LogP contribution is 2.26. The number of anilines is 2. The van der Waals surface area contributed by atoms with Gasteiger partial charge in [0, 0.05) is 35.6 Å². The molecule has 2 heterocycles. The van der Waals surface area contributed by atoms with Crippen LogP contribution in [0.5, 0.6) is 0 Å². The largest absolute Gasteiger partial charge is 0.385 e. The Bertz CT molecular complexity index is 1020. The van der Waals surface area contributed by atoms with E-state index >= 15 is 0 Å². The van der Waals surface area contributed by atoms with Gasteiger partial charge in [-0.2, -0.15) is 0 Å². The zero-order valence-corrected chi connectivity index (χ0v) is 15.9. The number of benzene rings is 2. The third-order valence-corrected chi connectivity index (χ3v) is 5.04. The third kappa shape index (κ3) is 3.99. The van der Waals surface area contributed by atoms with Crippen molar-refractivity contribution in [1.29, 1.82) is 0 Å². The number of carbonyl (C=O) groups excluding carboxylic acids is 1. The molecule has 1 amide bonds. The molecule has 2 aromatic carbocycles. The van der Waals surface area contributed by atoms with Crippen LogP contribution in [0.2, 0.25) is 5.02 Å².